The molecule has 0 aromatic heterocycles. The highest BCUT2D eigenvalue weighted by Crippen LogP contribution is 2.26. The van der Waals surface area contributed by atoms with Gasteiger partial charge >= 0.3 is 0 Å². The summed E-state index contributed by atoms with van der Waals surface area (Å²) in [5.41, 5.74) is 3.59. The third-order valence-corrected chi connectivity index (χ3v) is 4.31. The fourth-order valence-electron chi connectivity index (χ4n) is 2.37. The molecule has 0 unspecified atom stereocenters. The van der Waals surface area contributed by atoms with E-state index in [4.69, 9.17) is 4.74 Å². The van der Waals surface area contributed by atoms with Crippen LogP contribution in [0.4, 0.5) is 10.1 Å². The van der Waals surface area contributed by atoms with Gasteiger partial charge in [-0.15, -0.1) is 0 Å². The van der Waals surface area contributed by atoms with E-state index in [9.17, 15) is 4.39 Å². The lowest BCUT2D eigenvalue weighted by atomic mass is 10.1. The van der Waals surface area contributed by atoms with Gasteiger partial charge in [0.1, 0.15) is 11.6 Å². The van der Waals surface area contributed by atoms with Crippen molar-refractivity contribution in [3.63, 3.8) is 0 Å². The van der Waals surface area contributed by atoms with Gasteiger partial charge in [-0.2, -0.15) is 0 Å². The second-order valence-corrected chi connectivity index (χ2v) is 6.00. The molecule has 0 spiro atoms. The Bertz CT molecular complexity index is 630. The summed E-state index contributed by atoms with van der Waals surface area (Å²) in [4.78, 5) is 0. The van der Waals surface area contributed by atoms with Crippen molar-refractivity contribution >= 4 is 28.3 Å². The maximum atomic E-state index is 13.0. The Kier molecular flexibility index (Phi) is 4.10. The van der Waals surface area contributed by atoms with Crippen LogP contribution in [0.2, 0.25) is 0 Å². The largest absolute Gasteiger partial charge is 0.493 e. The van der Waals surface area contributed by atoms with Crippen molar-refractivity contribution in [3.8, 4) is 5.75 Å². The van der Waals surface area contributed by atoms with E-state index in [2.05, 4.69) is 46.1 Å². The average molecular weight is 383 g/mol. The maximum absolute atomic E-state index is 13.0. The molecule has 0 saturated carbocycles. The Labute approximate surface area is 131 Å². The highest BCUT2D eigenvalue weighted by molar-refractivity contribution is 14.1. The molecule has 1 aliphatic heterocycles. The minimum atomic E-state index is -0.196. The Morgan fingerprint density at radius 3 is 2.95 bits per heavy atom. The third-order valence-electron chi connectivity index (χ3n) is 3.41. The summed E-state index contributed by atoms with van der Waals surface area (Å²) in [5.74, 6) is 0.827. The zero-order valence-corrected chi connectivity index (χ0v) is 13.1. The molecule has 1 heterocycles. The molecule has 0 fully saturated rings. The van der Waals surface area contributed by atoms with Gasteiger partial charge in [0.15, 0.2) is 0 Å². The summed E-state index contributed by atoms with van der Waals surface area (Å²) in [6, 6.07) is 11.2. The number of ether oxygens (including phenoxy) is 1. The van der Waals surface area contributed by atoms with Crippen LogP contribution in [0.25, 0.3) is 0 Å². The van der Waals surface area contributed by atoms with E-state index >= 15 is 0 Å². The molecule has 0 saturated heterocycles. The first-order valence-corrected chi connectivity index (χ1v) is 7.74. The standard InChI is InChI=1S/C16H15FINO/c17-13-2-3-15(14(18)10-13)19-7-5-11-1-4-16-12(9-11)6-8-20-16/h1-4,9-10,19H,5-8H2. The van der Waals surface area contributed by atoms with Crippen molar-refractivity contribution < 1.29 is 9.13 Å². The van der Waals surface area contributed by atoms with Crippen molar-refractivity contribution in [1.29, 1.82) is 0 Å². The lowest BCUT2D eigenvalue weighted by Gasteiger charge is -2.09. The molecule has 20 heavy (non-hydrogen) atoms. The molecule has 4 heteroatoms. The Hall–Kier alpha value is -1.30. The molecule has 0 radical (unpaired) electrons. The second kappa shape index (κ2) is 5.99. The molecule has 3 rings (SSSR count). The molecule has 1 aliphatic rings. The number of hydrogen-bond donors (Lipinski definition) is 1. The number of hydrogen-bond acceptors (Lipinski definition) is 2. The quantitative estimate of drug-likeness (QED) is 0.806. The van der Waals surface area contributed by atoms with Gasteiger partial charge in [0.25, 0.3) is 0 Å². The topological polar surface area (TPSA) is 21.3 Å². The molecular weight excluding hydrogens is 368 g/mol. The smallest absolute Gasteiger partial charge is 0.124 e. The summed E-state index contributed by atoms with van der Waals surface area (Å²) in [7, 11) is 0. The summed E-state index contributed by atoms with van der Waals surface area (Å²) in [6.45, 7) is 1.63. The van der Waals surface area contributed by atoms with Crippen LogP contribution in [0.15, 0.2) is 36.4 Å². The summed E-state index contributed by atoms with van der Waals surface area (Å²) in [6.07, 6.45) is 1.95. The molecular formula is C16H15FINO. The van der Waals surface area contributed by atoms with Crippen molar-refractivity contribution in [1.82, 2.24) is 0 Å². The van der Waals surface area contributed by atoms with Crippen LogP contribution in [0, 0.1) is 9.39 Å². The third kappa shape index (κ3) is 3.06. The fraction of sp³-hybridized carbons (Fsp3) is 0.250. The number of benzene rings is 2. The first kappa shape index (κ1) is 13.7. The lowest BCUT2D eigenvalue weighted by Crippen LogP contribution is -2.06. The summed E-state index contributed by atoms with van der Waals surface area (Å²) in [5, 5.41) is 3.35. The first-order chi connectivity index (χ1) is 9.72. The van der Waals surface area contributed by atoms with Crippen LogP contribution in [0.5, 0.6) is 5.75 Å². The summed E-state index contributed by atoms with van der Waals surface area (Å²) >= 11 is 2.15. The second-order valence-electron chi connectivity index (χ2n) is 4.84. The zero-order chi connectivity index (χ0) is 13.9. The molecule has 1 N–H and O–H groups in total. The molecule has 0 aliphatic carbocycles. The van der Waals surface area contributed by atoms with E-state index in [-0.39, 0.29) is 5.82 Å². The van der Waals surface area contributed by atoms with Crippen molar-refractivity contribution in [2.24, 2.45) is 0 Å². The minimum Gasteiger partial charge on any atom is -0.493 e. The minimum absolute atomic E-state index is 0.196. The number of anilines is 1. The Morgan fingerprint density at radius 2 is 2.10 bits per heavy atom. The average Bonchev–Trinajstić information content (AvgIpc) is 2.89. The number of fused-ring (bicyclic) bond motifs is 1. The van der Waals surface area contributed by atoms with E-state index in [1.54, 1.807) is 6.07 Å². The Balaban J connectivity index is 1.60. The molecule has 0 atom stereocenters. The normalized spacial score (nSPS) is 12.9. The molecule has 2 aromatic rings. The van der Waals surface area contributed by atoms with Crippen LogP contribution in [0.1, 0.15) is 11.1 Å². The van der Waals surface area contributed by atoms with Gasteiger partial charge in [-0.1, -0.05) is 12.1 Å². The van der Waals surface area contributed by atoms with E-state index in [1.165, 1.54) is 23.3 Å². The van der Waals surface area contributed by atoms with Crippen LogP contribution >= 0.6 is 22.6 Å². The number of halogens is 2. The highest BCUT2D eigenvalue weighted by Gasteiger charge is 2.11. The van der Waals surface area contributed by atoms with Crippen molar-refractivity contribution in [2.45, 2.75) is 12.8 Å². The molecule has 104 valence electrons. The predicted molar refractivity (Wildman–Crippen MR) is 87.0 cm³/mol. The fourth-order valence-corrected chi connectivity index (χ4v) is 3.04. The van der Waals surface area contributed by atoms with Gasteiger partial charge in [-0.05, 0) is 64.4 Å². The van der Waals surface area contributed by atoms with Crippen LogP contribution in [-0.2, 0) is 12.8 Å². The Morgan fingerprint density at radius 1 is 1.20 bits per heavy atom. The molecule has 2 nitrogen and oxygen atoms in total. The number of rotatable bonds is 4. The van der Waals surface area contributed by atoms with Crippen LogP contribution < -0.4 is 10.1 Å². The van der Waals surface area contributed by atoms with Crippen molar-refractivity contribution in [3.05, 3.63) is 56.9 Å². The lowest BCUT2D eigenvalue weighted by molar-refractivity contribution is 0.357. The van der Waals surface area contributed by atoms with E-state index in [0.29, 0.717) is 0 Å². The maximum Gasteiger partial charge on any atom is 0.124 e. The summed E-state index contributed by atoms with van der Waals surface area (Å²) < 4.78 is 19.4. The van der Waals surface area contributed by atoms with Gasteiger partial charge in [0.2, 0.25) is 0 Å². The first-order valence-electron chi connectivity index (χ1n) is 6.66. The van der Waals surface area contributed by atoms with Crippen LogP contribution in [-0.4, -0.2) is 13.2 Å². The van der Waals surface area contributed by atoms with Gasteiger partial charge in [0, 0.05) is 22.2 Å². The number of nitrogens with one attached hydrogen (secondary N) is 1. The van der Waals surface area contributed by atoms with E-state index in [1.807, 2.05) is 0 Å². The SMILES string of the molecule is Fc1ccc(NCCc2ccc3c(c2)CCO3)c(I)c1. The van der Waals surface area contributed by atoms with Gasteiger partial charge < -0.3 is 10.1 Å². The molecule has 2 aromatic carbocycles. The van der Waals surface area contributed by atoms with Crippen molar-refractivity contribution in [2.75, 3.05) is 18.5 Å². The van der Waals surface area contributed by atoms with Gasteiger partial charge in [-0.3, -0.25) is 0 Å². The monoisotopic (exact) mass is 383 g/mol. The van der Waals surface area contributed by atoms with E-state index in [0.717, 1.165) is 41.0 Å². The highest BCUT2D eigenvalue weighted by atomic mass is 127. The zero-order valence-electron chi connectivity index (χ0n) is 11.0. The predicted octanol–water partition coefficient (Wildman–Crippen LogP) is 4.02. The van der Waals surface area contributed by atoms with Gasteiger partial charge in [-0.25, -0.2) is 4.39 Å². The molecule has 0 amide bonds. The van der Waals surface area contributed by atoms with Gasteiger partial charge in [0.05, 0.1) is 6.61 Å². The molecule has 0 bridgehead atoms. The van der Waals surface area contributed by atoms with Crippen LogP contribution in [0.3, 0.4) is 0 Å². The van der Waals surface area contributed by atoms with E-state index < -0.39 is 0 Å².